The maximum atomic E-state index is 13.7. The van der Waals surface area contributed by atoms with Crippen LogP contribution in [-0.4, -0.2) is 47.2 Å². The number of carbonyl (C=O) groups excluding carboxylic acids is 1. The maximum Gasteiger partial charge on any atom is 0.326 e. The summed E-state index contributed by atoms with van der Waals surface area (Å²) in [6.07, 6.45) is 1.78. The van der Waals surface area contributed by atoms with E-state index in [1.165, 1.54) is 10.5 Å². The number of hydrogen-bond donors (Lipinski definition) is 1. The van der Waals surface area contributed by atoms with Crippen molar-refractivity contribution < 1.29 is 19.4 Å². The highest BCUT2D eigenvalue weighted by atomic mass is 16.5. The van der Waals surface area contributed by atoms with Gasteiger partial charge >= 0.3 is 5.97 Å². The zero-order chi connectivity index (χ0) is 23.0. The van der Waals surface area contributed by atoms with Crippen LogP contribution in [0.4, 0.5) is 0 Å². The molecule has 170 valence electrons. The Hall–Kier alpha value is -3.44. The molecule has 33 heavy (non-hydrogen) atoms. The van der Waals surface area contributed by atoms with E-state index in [0.29, 0.717) is 13.0 Å². The Morgan fingerprint density at radius 3 is 1.97 bits per heavy atom. The minimum atomic E-state index is -0.987. The molecule has 0 unspecified atom stereocenters. The minimum absolute atomic E-state index is 0.199. The predicted octanol–water partition coefficient (Wildman–Crippen LogP) is 4.52. The molecule has 3 aromatic carbocycles. The van der Waals surface area contributed by atoms with Crippen molar-refractivity contribution in [1.82, 2.24) is 4.90 Å². The van der Waals surface area contributed by atoms with Crippen LogP contribution < -0.4 is 0 Å². The standard InChI is InChI=1S/C28H29NO4/c30-27(26(22-14-6-2-7-15-22)23-16-8-3-9-17-23)29-20-24(19-25(29)28(31)32)33-18-10-13-21-11-4-1-5-12-21/h1-9,11-12,14-17,24-26H,10,13,18-20H2,(H,31,32)/t24-,25-/m1/s1. The van der Waals surface area contributed by atoms with Gasteiger partial charge in [-0.2, -0.15) is 0 Å². The van der Waals surface area contributed by atoms with Gasteiger partial charge in [-0.25, -0.2) is 4.79 Å². The molecule has 1 saturated heterocycles. The fourth-order valence-corrected chi connectivity index (χ4v) is 4.50. The van der Waals surface area contributed by atoms with E-state index in [-0.39, 0.29) is 18.6 Å². The summed E-state index contributed by atoms with van der Waals surface area (Å²) in [4.78, 5) is 27.2. The molecule has 0 aromatic heterocycles. The Morgan fingerprint density at radius 2 is 1.42 bits per heavy atom. The minimum Gasteiger partial charge on any atom is -0.480 e. The molecule has 3 aromatic rings. The van der Waals surface area contributed by atoms with Crippen molar-refractivity contribution in [3.05, 3.63) is 108 Å². The lowest BCUT2D eigenvalue weighted by Crippen LogP contribution is -2.43. The summed E-state index contributed by atoms with van der Waals surface area (Å²) in [5.41, 5.74) is 2.96. The van der Waals surface area contributed by atoms with Gasteiger partial charge in [0.1, 0.15) is 6.04 Å². The van der Waals surface area contributed by atoms with Gasteiger partial charge in [0, 0.05) is 19.6 Å². The smallest absolute Gasteiger partial charge is 0.326 e. The fraction of sp³-hybridized carbons (Fsp3) is 0.286. The first-order chi connectivity index (χ1) is 16.1. The summed E-state index contributed by atoms with van der Waals surface area (Å²) in [7, 11) is 0. The Bertz CT molecular complexity index is 1000. The number of benzene rings is 3. The average Bonchev–Trinajstić information content (AvgIpc) is 3.29. The third-order valence-corrected chi connectivity index (χ3v) is 6.15. The SMILES string of the molecule is O=C(O)[C@H]1C[C@@H](OCCCc2ccccc2)CN1C(=O)C(c1ccccc1)c1ccccc1. The normalized spacial score (nSPS) is 17.9. The predicted molar refractivity (Wildman–Crippen MR) is 127 cm³/mol. The van der Waals surface area contributed by atoms with Gasteiger partial charge in [0.2, 0.25) is 5.91 Å². The number of hydrogen-bond acceptors (Lipinski definition) is 3. The van der Waals surface area contributed by atoms with Gasteiger partial charge in [0.25, 0.3) is 0 Å². The molecule has 0 saturated carbocycles. The van der Waals surface area contributed by atoms with Crippen LogP contribution in [0.5, 0.6) is 0 Å². The van der Waals surface area contributed by atoms with E-state index >= 15 is 0 Å². The van der Waals surface area contributed by atoms with Gasteiger partial charge in [-0.3, -0.25) is 4.79 Å². The molecule has 1 fully saturated rings. The lowest BCUT2D eigenvalue weighted by atomic mass is 9.90. The Morgan fingerprint density at radius 1 is 0.879 bits per heavy atom. The van der Waals surface area contributed by atoms with Crippen molar-refractivity contribution in [2.24, 2.45) is 0 Å². The zero-order valence-corrected chi connectivity index (χ0v) is 18.5. The summed E-state index contributed by atoms with van der Waals surface area (Å²) in [6.45, 7) is 0.825. The highest BCUT2D eigenvalue weighted by Crippen LogP contribution is 2.31. The average molecular weight is 444 g/mol. The highest BCUT2D eigenvalue weighted by Gasteiger charge is 2.42. The lowest BCUT2D eigenvalue weighted by Gasteiger charge is -2.27. The number of rotatable bonds is 9. The Labute approximate surface area is 194 Å². The second-order valence-electron chi connectivity index (χ2n) is 8.42. The van der Waals surface area contributed by atoms with Gasteiger partial charge in [0.15, 0.2) is 0 Å². The quantitative estimate of drug-likeness (QED) is 0.494. The molecule has 1 heterocycles. The lowest BCUT2D eigenvalue weighted by molar-refractivity contribution is -0.148. The van der Waals surface area contributed by atoms with Crippen LogP contribution in [0.3, 0.4) is 0 Å². The maximum absolute atomic E-state index is 13.7. The monoisotopic (exact) mass is 443 g/mol. The zero-order valence-electron chi connectivity index (χ0n) is 18.5. The van der Waals surface area contributed by atoms with Crippen LogP contribution >= 0.6 is 0 Å². The number of carboxylic acid groups (broad SMARTS) is 1. The number of ether oxygens (including phenoxy) is 1. The Balaban J connectivity index is 1.46. The summed E-state index contributed by atoms with van der Waals surface area (Å²) in [5, 5.41) is 9.84. The second-order valence-corrected chi connectivity index (χ2v) is 8.42. The molecule has 0 spiro atoms. The van der Waals surface area contributed by atoms with Crippen molar-refractivity contribution in [1.29, 1.82) is 0 Å². The third kappa shape index (κ3) is 5.68. The fourth-order valence-electron chi connectivity index (χ4n) is 4.50. The molecule has 0 radical (unpaired) electrons. The first-order valence-corrected chi connectivity index (χ1v) is 11.4. The summed E-state index contributed by atoms with van der Waals surface area (Å²) in [6, 6.07) is 28.4. The van der Waals surface area contributed by atoms with E-state index < -0.39 is 17.9 Å². The molecule has 5 nitrogen and oxygen atoms in total. The third-order valence-electron chi connectivity index (χ3n) is 6.15. The van der Waals surface area contributed by atoms with Gasteiger partial charge in [-0.05, 0) is 29.5 Å². The summed E-state index contributed by atoms with van der Waals surface area (Å²) >= 11 is 0. The molecular weight excluding hydrogens is 414 g/mol. The van der Waals surface area contributed by atoms with Crippen LogP contribution in [0.1, 0.15) is 35.4 Å². The first kappa shape index (κ1) is 22.7. The first-order valence-electron chi connectivity index (χ1n) is 11.4. The van der Waals surface area contributed by atoms with Crippen molar-refractivity contribution in [2.45, 2.75) is 37.3 Å². The van der Waals surface area contributed by atoms with Crippen LogP contribution in [0.25, 0.3) is 0 Å². The number of aryl methyl sites for hydroxylation is 1. The van der Waals surface area contributed by atoms with Crippen molar-refractivity contribution in [2.75, 3.05) is 13.2 Å². The second kappa shape index (κ2) is 10.9. The number of carbonyl (C=O) groups is 2. The molecule has 1 aliphatic heterocycles. The van der Waals surface area contributed by atoms with Gasteiger partial charge in [-0.1, -0.05) is 91.0 Å². The van der Waals surface area contributed by atoms with Gasteiger partial charge < -0.3 is 14.7 Å². The Kier molecular flexibility index (Phi) is 7.53. The molecule has 0 bridgehead atoms. The van der Waals surface area contributed by atoms with Crippen LogP contribution in [0, 0.1) is 0 Å². The van der Waals surface area contributed by atoms with Gasteiger partial charge in [-0.15, -0.1) is 0 Å². The topological polar surface area (TPSA) is 66.8 Å². The van der Waals surface area contributed by atoms with Crippen LogP contribution in [0.2, 0.25) is 0 Å². The molecule has 5 heteroatoms. The molecule has 0 aliphatic carbocycles. The van der Waals surface area contributed by atoms with Crippen molar-refractivity contribution >= 4 is 11.9 Å². The molecule has 2 atom stereocenters. The van der Waals surface area contributed by atoms with Crippen LogP contribution in [-0.2, 0) is 20.7 Å². The largest absolute Gasteiger partial charge is 0.480 e. The highest BCUT2D eigenvalue weighted by molar-refractivity contribution is 5.91. The van der Waals surface area contributed by atoms with E-state index in [4.69, 9.17) is 4.74 Å². The number of nitrogens with zero attached hydrogens (tertiary/aromatic N) is 1. The summed E-state index contributed by atoms with van der Waals surface area (Å²) in [5.74, 6) is -1.74. The van der Waals surface area contributed by atoms with E-state index in [2.05, 4.69) is 12.1 Å². The number of likely N-dealkylation sites (tertiary alicyclic amines) is 1. The van der Waals surface area contributed by atoms with Gasteiger partial charge in [0.05, 0.1) is 12.0 Å². The number of aliphatic carboxylic acids is 1. The van der Waals surface area contributed by atoms with Crippen LogP contribution in [0.15, 0.2) is 91.0 Å². The molecule has 1 amide bonds. The number of amides is 1. The summed E-state index contributed by atoms with van der Waals surface area (Å²) < 4.78 is 6.02. The molecule has 4 rings (SSSR count). The van der Waals surface area contributed by atoms with E-state index in [1.807, 2.05) is 78.9 Å². The van der Waals surface area contributed by atoms with Crippen molar-refractivity contribution in [3.8, 4) is 0 Å². The number of carboxylic acids is 1. The molecule has 1 aliphatic rings. The van der Waals surface area contributed by atoms with Crippen molar-refractivity contribution in [3.63, 3.8) is 0 Å². The van der Waals surface area contributed by atoms with E-state index in [9.17, 15) is 14.7 Å². The molecule has 1 N–H and O–H groups in total. The van der Waals surface area contributed by atoms with E-state index in [0.717, 1.165) is 24.0 Å². The van der Waals surface area contributed by atoms with E-state index in [1.54, 1.807) is 0 Å². The molecular formula is C28H29NO4.